The predicted octanol–water partition coefficient (Wildman–Crippen LogP) is 3.80. The van der Waals surface area contributed by atoms with Crippen molar-refractivity contribution in [2.24, 2.45) is 5.92 Å². The summed E-state index contributed by atoms with van der Waals surface area (Å²) in [6.07, 6.45) is 0.893. The molecule has 0 aliphatic heterocycles. The number of carbonyl (C=O) groups is 1. The summed E-state index contributed by atoms with van der Waals surface area (Å²) >= 11 is 4.96. The number of nitriles is 1. The van der Waals surface area contributed by atoms with Gasteiger partial charge in [0, 0.05) is 5.56 Å². The molecule has 1 heterocycles. The molecule has 124 valence electrons. The Kier molecular flexibility index (Phi) is 5.66. The first-order valence-corrected chi connectivity index (χ1v) is 7.83. The van der Waals surface area contributed by atoms with E-state index in [0.29, 0.717) is 35.1 Å². The summed E-state index contributed by atoms with van der Waals surface area (Å²) in [7, 11) is 0. The summed E-state index contributed by atoms with van der Waals surface area (Å²) in [6, 6.07) is 8.52. The van der Waals surface area contributed by atoms with Crippen LogP contribution in [0.2, 0.25) is 0 Å². The highest BCUT2D eigenvalue weighted by Crippen LogP contribution is 2.26. The smallest absolute Gasteiger partial charge is 0.352 e. The monoisotopic (exact) mass is 343 g/mol. The Morgan fingerprint density at radius 3 is 2.83 bits per heavy atom. The lowest BCUT2D eigenvalue weighted by Crippen LogP contribution is -2.04. The van der Waals surface area contributed by atoms with Crippen LogP contribution in [0, 0.1) is 22.0 Å². The van der Waals surface area contributed by atoms with Crippen molar-refractivity contribution in [2.45, 2.75) is 20.3 Å². The van der Waals surface area contributed by atoms with Crippen LogP contribution in [-0.2, 0) is 0 Å². The number of nitrogens with zero attached hydrogens (tertiary/aromatic N) is 2. The number of benzene rings is 1. The van der Waals surface area contributed by atoms with Crippen LogP contribution < -0.4 is 4.74 Å². The molecule has 7 heteroatoms. The maximum absolute atomic E-state index is 11.1. The van der Waals surface area contributed by atoms with Gasteiger partial charge in [-0.1, -0.05) is 13.8 Å². The Balaban J connectivity index is 2.35. The van der Waals surface area contributed by atoms with Crippen LogP contribution in [0.1, 0.15) is 36.3 Å². The molecule has 2 N–H and O–H groups in total. The highest BCUT2D eigenvalue weighted by atomic mass is 32.1. The van der Waals surface area contributed by atoms with Gasteiger partial charge in [-0.15, -0.1) is 0 Å². The lowest BCUT2D eigenvalue weighted by Gasteiger charge is -2.10. The van der Waals surface area contributed by atoms with Crippen molar-refractivity contribution in [1.29, 1.82) is 5.26 Å². The zero-order valence-electron chi connectivity index (χ0n) is 13.4. The van der Waals surface area contributed by atoms with Crippen molar-refractivity contribution < 1.29 is 14.6 Å². The van der Waals surface area contributed by atoms with Gasteiger partial charge in [-0.05, 0) is 48.8 Å². The number of carboxylic acid groups (broad SMARTS) is 1. The number of carboxylic acids is 1. The van der Waals surface area contributed by atoms with Crippen LogP contribution in [0.25, 0.3) is 11.3 Å². The number of aromatic carboxylic acids is 1. The first-order chi connectivity index (χ1) is 11.4. The van der Waals surface area contributed by atoms with E-state index in [9.17, 15) is 10.1 Å². The Morgan fingerprint density at radius 1 is 1.46 bits per heavy atom. The number of hydrogen-bond acceptors (Lipinski definition) is 5. The van der Waals surface area contributed by atoms with E-state index >= 15 is 0 Å². The molecular weight excluding hydrogens is 326 g/mol. The molecule has 0 fully saturated rings. The number of ether oxygens (including phenoxy) is 1. The number of rotatable bonds is 6. The zero-order valence-corrected chi connectivity index (χ0v) is 14.2. The molecule has 0 atom stereocenters. The molecule has 0 spiro atoms. The number of aromatic nitrogens is 2. The van der Waals surface area contributed by atoms with Gasteiger partial charge in [-0.2, -0.15) is 5.26 Å². The molecule has 6 nitrogen and oxygen atoms in total. The summed E-state index contributed by atoms with van der Waals surface area (Å²) in [5.41, 5.74) is 1.31. The molecule has 24 heavy (non-hydrogen) atoms. The lowest BCUT2D eigenvalue weighted by molar-refractivity contribution is 0.0690. The second-order valence-corrected chi connectivity index (χ2v) is 6.03. The van der Waals surface area contributed by atoms with E-state index in [1.165, 1.54) is 6.07 Å². The maximum atomic E-state index is 11.1. The molecule has 1 aromatic carbocycles. The molecule has 0 aliphatic carbocycles. The van der Waals surface area contributed by atoms with Crippen molar-refractivity contribution in [2.75, 3.05) is 6.61 Å². The quantitative estimate of drug-likeness (QED) is 0.774. The molecule has 1 aromatic heterocycles. The number of hydrogen-bond donors (Lipinski definition) is 2. The van der Waals surface area contributed by atoms with Crippen molar-refractivity contribution in [3.05, 3.63) is 40.3 Å². The Labute approximate surface area is 144 Å². The minimum absolute atomic E-state index is 0.0548. The third kappa shape index (κ3) is 4.40. The molecule has 0 radical (unpaired) electrons. The SMILES string of the molecule is CC(C)CCOc1ccc(-c2cc(C(=O)O)[nH]c(=S)n2)cc1C#N. The molecule has 0 aliphatic rings. The summed E-state index contributed by atoms with van der Waals surface area (Å²) in [4.78, 5) is 17.7. The van der Waals surface area contributed by atoms with Crippen molar-refractivity contribution in [1.82, 2.24) is 9.97 Å². The van der Waals surface area contributed by atoms with Gasteiger partial charge < -0.3 is 14.8 Å². The van der Waals surface area contributed by atoms with Gasteiger partial charge in [-0.3, -0.25) is 0 Å². The fourth-order valence-corrected chi connectivity index (χ4v) is 2.24. The summed E-state index contributed by atoms with van der Waals surface area (Å²) in [6.45, 7) is 4.73. The molecule has 0 bridgehead atoms. The Hall–Kier alpha value is -2.72. The van der Waals surface area contributed by atoms with Crippen molar-refractivity contribution in [3.8, 4) is 23.1 Å². The minimum Gasteiger partial charge on any atom is -0.492 e. The first kappa shape index (κ1) is 17.6. The molecule has 0 amide bonds. The first-order valence-electron chi connectivity index (χ1n) is 7.42. The second-order valence-electron chi connectivity index (χ2n) is 5.64. The fourth-order valence-electron chi connectivity index (χ4n) is 2.03. The third-order valence-electron chi connectivity index (χ3n) is 3.32. The van der Waals surface area contributed by atoms with Crippen molar-refractivity contribution >= 4 is 18.2 Å². The van der Waals surface area contributed by atoms with E-state index in [0.717, 1.165) is 6.42 Å². The summed E-state index contributed by atoms with van der Waals surface area (Å²) < 4.78 is 5.72. The molecule has 0 unspecified atom stereocenters. The van der Waals surface area contributed by atoms with Gasteiger partial charge in [0.1, 0.15) is 17.5 Å². The molecule has 2 aromatic rings. The molecule has 2 rings (SSSR count). The topological polar surface area (TPSA) is 99.0 Å². The second kappa shape index (κ2) is 7.70. The largest absolute Gasteiger partial charge is 0.492 e. The van der Waals surface area contributed by atoms with Crippen molar-refractivity contribution in [3.63, 3.8) is 0 Å². The van der Waals surface area contributed by atoms with E-state index in [-0.39, 0.29) is 10.5 Å². The highest BCUT2D eigenvalue weighted by Gasteiger charge is 2.11. The summed E-state index contributed by atoms with van der Waals surface area (Å²) in [5, 5.41) is 18.4. The van der Waals surface area contributed by atoms with Crippen LogP contribution in [0.3, 0.4) is 0 Å². The molecular formula is C17H17N3O3S. The lowest BCUT2D eigenvalue weighted by atomic mass is 10.1. The van der Waals surface area contributed by atoms with E-state index in [4.69, 9.17) is 22.1 Å². The van der Waals surface area contributed by atoms with E-state index in [1.54, 1.807) is 18.2 Å². The van der Waals surface area contributed by atoms with Gasteiger partial charge in [-0.25, -0.2) is 9.78 Å². The van der Waals surface area contributed by atoms with Gasteiger partial charge in [0.05, 0.1) is 17.9 Å². The molecule has 0 saturated heterocycles. The standard InChI is InChI=1S/C17H17N3O3S/c1-10(2)5-6-23-15-4-3-11(7-12(15)9-18)13-8-14(16(21)22)20-17(24)19-13/h3-4,7-8,10H,5-6H2,1-2H3,(H,21,22)(H,19,20,24). The average molecular weight is 343 g/mol. The maximum Gasteiger partial charge on any atom is 0.352 e. The van der Waals surface area contributed by atoms with Crippen LogP contribution in [0.15, 0.2) is 24.3 Å². The van der Waals surface area contributed by atoms with Crippen LogP contribution >= 0.6 is 12.2 Å². The Bertz CT molecular complexity index is 853. The number of aromatic amines is 1. The predicted molar refractivity (Wildman–Crippen MR) is 91.5 cm³/mol. The third-order valence-corrected chi connectivity index (χ3v) is 3.52. The minimum atomic E-state index is -1.13. The van der Waals surface area contributed by atoms with Gasteiger partial charge in [0.2, 0.25) is 0 Å². The molecule has 0 saturated carbocycles. The fraction of sp³-hybridized carbons (Fsp3) is 0.294. The number of nitrogens with one attached hydrogen (secondary N) is 1. The van der Waals surface area contributed by atoms with Crippen LogP contribution in [-0.4, -0.2) is 27.7 Å². The normalized spacial score (nSPS) is 10.4. The average Bonchev–Trinajstić information content (AvgIpc) is 2.54. The zero-order chi connectivity index (χ0) is 17.7. The van der Waals surface area contributed by atoms with Gasteiger partial charge in [0.15, 0.2) is 4.77 Å². The van der Waals surface area contributed by atoms with Crippen LogP contribution in [0.5, 0.6) is 5.75 Å². The summed E-state index contributed by atoms with van der Waals surface area (Å²) in [5.74, 6) is -0.111. The van der Waals surface area contributed by atoms with Crippen LogP contribution in [0.4, 0.5) is 0 Å². The van der Waals surface area contributed by atoms with E-state index in [2.05, 4.69) is 29.9 Å². The van der Waals surface area contributed by atoms with E-state index in [1.807, 2.05) is 0 Å². The Morgan fingerprint density at radius 2 is 2.21 bits per heavy atom. The highest BCUT2D eigenvalue weighted by molar-refractivity contribution is 7.71. The van der Waals surface area contributed by atoms with Gasteiger partial charge >= 0.3 is 5.97 Å². The van der Waals surface area contributed by atoms with E-state index < -0.39 is 5.97 Å². The van der Waals surface area contributed by atoms with Gasteiger partial charge in [0.25, 0.3) is 0 Å². The number of H-pyrrole nitrogens is 1.